The molecule has 1 saturated heterocycles. The van der Waals surface area contributed by atoms with Gasteiger partial charge in [0.2, 0.25) is 0 Å². The fourth-order valence-corrected chi connectivity index (χ4v) is 5.61. The van der Waals surface area contributed by atoms with Crippen molar-refractivity contribution in [1.29, 1.82) is 0 Å². The number of nitrogens with one attached hydrogen (secondary N) is 3. The van der Waals surface area contributed by atoms with Crippen LogP contribution in [0.15, 0.2) is 12.1 Å². The van der Waals surface area contributed by atoms with Crippen molar-refractivity contribution in [3.8, 4) is 0 Å². The van der Waals surface area contributed by atoms with E-state index in [1.807, 2.05) is 12.1 Å². The summed E-state index contributed by atoms with van der Waals surface area (Å²) in [6.07, 6.45) is 8.55. The fraction of sp³-hybridized carbons (Fsp3) is 0.667. The van der Waals surface area contributed by atoms with Gasteiger partial charge < -0.3 is 20.1 Å². The van der Waals surface area contributed by atoms with E-state index < -0.39 is 0 Å². The van der Waals surface area contributed by atoms with E-state index in [0.717, 1.165) is 62.8 Å². The lowest BCUT2D eigenvalue weighted by Gasteiger charge is -2.37. The van der Waals surface area contributed by atoms with E-state index in [0.29, 0.717) is 24.0 Å². The molecule has 2 aromatic rings. The highest BCUT2D eigenvalue weighted by molar-refractivity contribution is 6.02. The number of H-pyrrole nitrogens is 1. The quantitative estimate of drug-likeness (QED) is 0.597. The third kappa shape index (κ3) is 4.31. The lowest BCUT2D eigenvalue weighted by atomic mass is 9.77. The number of rotatable bonds is 6. The molecule has 1 spiro atoms. The largest absolute Gasteiger partial charge is 0.446 e. The van der Waals surface area contributed by atoms with Gasteiger partial charge in [0.05, 0.1) is 23.9 Å². The summed E-state index contributed by atoms with van der Waals surface area (Å²) in [5.74, 6) is 0.976. The summed E-state index contributed by atoms with van der Waals surface area (Å²) in [6.45, 7) is 0.575. The molecule has 182 valence electrons. The van der Waals surface area contributed by atoms with Crippen LogP contribution in [0.1, 0.15) is 91.5 Å². The molecule has 4 aliphatic rings. The maximum absolute atomic E-state index is 12.7. The topological polar surface area (TPSA) is 123 Å². The Balaban J connectivity index is 0.989. The van der Waals surface area contributed by atoms with Crippen molar-refractivity contribution in [1.82, 2.24) is 25.3 Å². The fourth-order valence-electron chi connectivity index (χ4n) is 5.61. The lowest BCUT2D eigenvalue weighted by molar-refractivity contribution is -0.0563. The Bertz CT molecular complexity index is 1090. The van der Waals surface area contributed by atoms with Crippen LogP contribution < -0.4 is 10.6 Å². The highest BCUT2D eigenvalue weighted by atomic mass is 16.6. The van der Waals surface area contributed by atoms with E-state index in [9.17, 15) is 9.59 Å². The van der Waals surface area contributed by atoms with Crippen molar-refractivity contribution in [2.45, 2.75) is 87.4 Å². The maximum Gasteiger partial charge on any atom is 0.407 e. The molecule has 1 aliphatic heterocycles. The minimum Gasteiger partial charge on any atom is -0.446 e. The van der Waals surface area contributed by atoms with Crippen LogP contribution in [-0.2, 0) is 16.5 Å². The monoisotopic (exact) mass is 468 g/mol. The maximum atomic E-state index is 12.7. The number of alkyl carbamates (subject to hydrolysis) is 1. The molecule has 10 heteroatoms. The summed E-state index contributed by atoms with van der Waals surface area (Å²) in [5.41, 5.74) is 2.48. The van der Waals surface area contributed by atoms with Crippen molar-refractivity contribution >= 4 is 17.8 Å². The molecule has 0 aromatic carbocycles. The summed E-state index contributed by atoms with van der Waals surface area (Å²) in [6, 6.07) is 3.79. The highest BCUT2D eigenvalue weighted by Crippen LogP contribution is 2.43. The van der Waals surface area contributed by atoms with Crippen molar-refractivity contribution in [3.05, 3.63) is 29.2 Å². The normalized spacial score (nSPS) is 27.5. The molecule has 2 aromatic heterocycles. The molecule has 10 nitrogen and oxygen atoms in total. The zero-order chi connectivity index (χ0) is 23.3. The Kier molecular flexibility index (Phi) is 5.35. The predicted molar refractivity (Wildman–Crippen MR) is 123 cm³/mol. The van der Waals surface area contributed by atoms with E-state index in [-0.39, 0.29) is 35.7 Å². The van der Waals surface area contributed by atoms with Gasteiger partial charge in [-0.1, -0.05) is 0 Å². The van der Waals surface area contributed by atoms with Crippen LogP contribution in [0.2, 0.25) is 0 Å². The molecule has 3 saturated carbocycles. The molecule has 3 N–H and O–H groups in total. The molecule has 6 rings (SSSR count). The number of carbonyl (C=O) groups is 2. The first-order valence-electron chi connectivity index (χ1n) is 12.5. The molecule has 2 amide bonds. The van der Waals surface area contributed by atoms with Crippen molar-refractivity contribution < 1.29 is 19.1 Å². The second-order valence-corrected chi connectivity index (χ2v) is 10.4. The standard InChI is InChI=1S/C24H32N6O4/c1-30-20(10-19(29-30)14-3-4-14)22(31)26-21-11-18(27-28-21)15-5-6-17(9-15)34-23(32)25-16-12-24(33-13-16)7-2-8-24/h10-11,14-17H,2-9,12-13H2,1H3,(H,25,32)(H2,26,27,28,31)/t15-,16?,17+/m0/s1. The molecule has 3 aliphatic carbocycles. The second kappa shape index (κ2) is 8.41. The summed E-state index contributed by atoms with van der Waals surface area (Å²) in [7, 11) is 1.79. The van der Waals surface area contributed by atoms with Gasteiger partial charge >= 0.3 is 6.09 Å². The Labute approximate surface area is 198 Å². The second-order valence-electron chi connectivity index (χ2n) is 10.4. The number of nitrogens with zero attached hydrogens (tertiary/aromatic N) is 3. The van der Waals surface area contributed by atoms with Crippen LogP contribution in [0.5, 0.6) is 0 Å². The van der Waals surface area contributed by atoms with Gasteiger partial charge in [-0.2, -0.15) is 10.2 Å². The molecular weight excluding hydrogens is 436 g/mol. The number of amides is 2. The molecule has 0 bridgehead atoms. The Hall–Kier alpha value is -2.88. The van der Waals surface area contributed by atoms with Gasteiger partial charge in [-0.25, -0.2) is 4.79 Å². The van der Waals surface area contributed by atoms with Gasteiger partial charge in [-0.3, -0.25) is 14.6 Å². The SMILES string of the molecule is Cn1nc(C2CC2)cc1C(=O)Nc1cc([C@H]2CC[C@@H](OC(=O)NC3COC4(CCC4)C3)C2)[nH]n1. The van der Waals surface area contributed by atoms with Crippen LogP contribution >= 0.6 is 0 Å². The van der Waals surface area contributed by atoms with Crippen molar-refractivity contribution in [3.63, 3.8) is 0 Å². The first-order chi connectivity index (χ1) is 16.5. The molecule has 3 heterocycles. The van der Waals surface area contributed by atoms with E-state index in [2.05, 4.69) is 25.9 Å². The number of anilines is 1. The highest BCUT2D eigenvalue weighted by Gasteiger charge is 2.45. The molecule has 0 radical (unpaired) electrons. The Morgan fingerprint density at radius 1 is 1.21 bits per heavy atom. The van der Waals surface area contributed by atoms with Gasteiger partial charge in [0.15, 0.2) is 5.82 Å². The lowest BCUT2D eigenvalue weighted by Crippen LogP contribution is -2.40. The third-order valence-corrected chi connectivity index (χ3v) is 7.86. The molecule has 4 fully saturated rings. The van der Waals surface area contributed by atoms with Crippen LogP contribution in [0.3, 0.4) is 0 Å². The average molecular weight is 469 g/mol. The number of aromatic amines is 1. The number of carbonyl (C=O) groups excluding carboxylic acids is 2. The number of ether oxygens (including phenoxy) is 2. The number of aromatic nitrogens is 4. The summed E-state index contributed by atoms with van der Waals surface area (Å²) >= 11 is 0. The molecule has 1 unspecified atom stereocenters. The summed E-state index contributed by atoms with van der Waals surface area (Å²) in [5, 5.41) is 17.6. The number of aryl methyl sites for hydroxylation is 1. The van der Waals surface area contributed by atoms with Crippen LogP contribution in [-0.4, -0.2) is 56.3 Å². The van der Waals surface area contributed by atoms with E-state index >= 15 is 0 Å². The zero-order valence-electron chi connectivity index (χ0n) is 19.5. The van der Waals surface area contributed by atoms with Crippen LogP contribution in [0.4, 0.5) is 10.6 Å². The van der Waals surface area contributed by atoms with Gasteiger partial charge in [0.1, 0.15) is 11.8 Å². The minimum atomic E-state index is -0.352. The van der Waals surface area contributed by atoms with E-state index in [4.69, 9.17) is 9.47 Å². The van der Waals surface area contributed by atoms with Crippen molar-refractivity contribution in [2.24, 2.45) is 7.05 Å². The van der Waals surface area contributed by atoms with E-state index in [1.165, 1.54) is 6.42 Å². The Morgan fingerprint density at radius 2 is 2.03 bits per heavy atom. The summed E-state index contributed by atoms with van der Waals surface area (Å²) < 4.78 is 13.2. The van der Waals surface area contributed by atoms with E-state index in [1.54, 1.807) is 11.7 Å². The molecule has 34 heavy (non-hydrogen) atoms. The average Bonchev–Trinajstić information content (AvgIpc) is 3.16. The minimum absolute atomic E-state index is 0.0143. The van der Waals surface area contributed by atoms with Gasteiger partial charge in [-0.05, 0) is 63.9 Å². The third-order valence-electron chi connectivity index (χ3n) is 7.86. The first-order valence-corrected chi connectivity index (χ1v) is 12.5. The smallest absolute Gasteiger partial charge is 0.407 e. The molecule has 3 atom stereocenters. The van der Waals surface area contributed by atoms with Crippen LogP contribution in [0.25, 0.3) is 0 Å². The van der Waals surface area contributed by atoms with Gasteiger partial charge in [0, 0.05) is 30.6 Å². The zero-order valence-corrected chi connectivity index (χ0v) is 19.5. The van der Waals surface area contributed by atoms with Crippen molar-refractivity contribution in [2.75, 3.05) is 11.9 Å². The number of hydrogen-bond donors (Lipinski definition) is 3. The molecular formula is C24H32N6O4. The number of hydrogen-bond acceptors (Lipinski definition) is 6. The predicted octanol–water partition coefficient (Wildman–Crippen LogP) is 3.35. The first kappa shape index (κ1) is 21.6. The van der Waals surface area contributed by atoms with Gasteiger partial charge in [-0.15, -0.1) is 0 Å². The van der Waals surface area contributed by atoms with Gasteiger partial charge in [0.25, 0.3) is 5.91 Å². The van der Waals surface area contributed by atoms with Crippen LogP contribution in [0, 0.1) is 0 Å². The summed E-state index contributed by atoms with van der Waals surface area (Å²) in [4.78, 5) is 25.1. The Morgan fingerprint density at radius 3 is 2.76 bits per heavy atom.